The normalized spacial score (nSPS) is 14.9. The molecule has 1 fully saturated rings. The van der Waals surface area contributed by atoms with Gasteiger partial charge >= 0.3 is 0 Å². The summed E-state index contributed by atoms with van der Waals surface area (Å²) < 4.78 is 0. The van der Waals surface area contributed by atoms with Gasteiger partial charge in [0.2, 0.25) is 0 Å². The van der Waals surface area contributed by atoms with Crippen LogP contribution in [0.15, 0.2) is 47.5 Å². The average Bonchev–Trinajstić information content (AvgIpc) is 3.48. The third kappa shape index (κ3) is 4.73. The maximum Gasteiger partial charge on any atom is 0.278 e. The summed E-state index contributed by atoms with van der Waals surface area (Å²) in [6, 6.07) is 12.8. The van der Waals surface area contributed by atoms with Crippen molar-refractivity contribution in [1.29, 1.82) is 0 Å². The van der Waals surface area contributed by atoms with Crippen molar-refractivity contribution in [1.82, 2.24) is 0 Å². The highest BCUT2D eigenvalue weighted by Crippen LogP contribution is 2.46. The number of halogens is 1. The second kappa shape index (κ2) is 9.00. The molecule has 1 N–H and O–H groups in total. The van der Waals surface area contributed by atoms with Crippen molar-refractivity contribution in [3.63, 3.8) is 0 Å². The molecule has 3 rings (SSSR count). The zero-order chi connectivity index (χ0) is 21.9. The van der Waals surface area contributed by atoms with E-state index in [1.54, 1.807) is 24.3 Å². The van der Waals surface area contributed by atoms with Gasteiger partial charge in [0.15, 0.2) is 11.5 Å². The summed E-state index contributed by atoms with van der Waals surface area (Å²) >= 11 is 6.17. The lowest BCUT2D eigenvalue weighted by Gasteiger charge is -2.21. The molecule has 6 heteroatoms. The van der Waals surface area contributed by atoms with E-state index < -0.39 is 11.3 Å². The molecule has 1 amide bonds. The van der Waals surface area contributed by atoms with Gasteiger partial charge in [0.05, 0.1) is 16.4 Å². The minimum atomic E-state index is -0.534. The van der Waals surface area contributed by atoms with E-state index in [1.807, 2.05) is 32.0 Å². The number of benzene rings is 2. The first kappa shape index (κ1) is 22.0. The Bertz CT molecular complexity index is 992. The van der Waals surface area contributed by atoms with E-state index in [0.717, 1.165) is 37.2 Å². The number of ketones is 1. The number of hydrogen-bond donors (Lipinski definition) is 1. The number of carbonyl (C=O) groups is 2. The predicted octanol–water partition coefficient (Wildman–Crippen LogP) is 5.58. The van der Waals surface area contributed by atoms with Crippen LogP contribution in [0.2, 0.25) is 5.02 Å². The number of para-hydroxylation sites is 1. The average molecular weight is 426 g/mol. The fourth-order valence-corrected chi connectivity index (χ4v) is 3.50. The van der Waals surface area contributed by atoms with Crippen LogP contribution in [0.5, 0.6) is 0 Å². The smallest absolute Gasteiger partial charge is 0.278 e. The molecule has 2 aromatic carbocycles. The van der Waals surface area contributed by atoms with Crippen molar-refractivity contribution in [2.24, 2.45) is 10.4 Å². The van der Waals surface area contributed by atoms with Crippen molar-refractivity contribution >= 4 is 46.1 Å². The Morgan fingerprint density at radius 2 is 1.80 bits per heavy atom. The fraction of sp³-hybridized carbons (Fsp3) is 0.375. The van der Waals surface area contributed by atoms with Crippen LogP contribution in [0.4, 0.5) is 17.1 Å². The predicted molar refractivity (Wildman–Crippen MR) is 124 cm³/mol. The number of carbonyl (C=O) groups excluding carboxylic acids is 2. The first-order valence-corrected chi connectivity index (χ1v) is 10.7. The van der Waals surface area contributed by atoms with E-state index in [4.69, 9.17) is 11.6 Å². The van der Waals surface area contributed by atoms with Gasteiger partial charge < -0.3 is 10.2 Å². The summed E-state index contributed by atoms with van der Waals surface area (Å²) in [4.78, 5) is 32.9. The van der Waals surface area contributed by atoms with Gasteiger partial charge in [-0.3, -0.25) is 9.59 Å². The van der Waals surface area contributed by atoms with Gasteiger partial charge in [-0.1, -0.05) is 30.7 Å². The largest absolute Gasteiger partial charge is 0.372 e. The second-order valence-corrected chi connectivity index (χ2v) is 8.33. The molecule has 0 aromatic heterocycles. The van der Waals surface area contributed by atoms with Gasteiger partial charge in [0.1, 0.15) is 0 Å². The van der Waals surface area contributed by atoms with E-state index in [1.165, 1.54) is 0 Å². The SMILES string of the molecule is CCN(CC)c1ccc(N=C(C(=O)Nc2ccccc2Cl)C(=O)C2(C)CC2)c(C)c1. The van der Waals surface area contributed by atoms with Crippen LogP contribution in [0.1, 0.15) is 39.2 Å². The minimum Gasteiger partial charge on any atom is -0.372 e. The molecule has 0 saturated heterocycles. The summed E-state index contributed by atoms with van der Waals surface area (Å²) in [5.74, 6) is -0.757. The molecule has 158 valence electrons. The molecule has 1 aliphatic rings. The molecular weight excluding hydrogens is 398 g/mol. The van der Waals surface area contributed by atoms with E-state index in [0.29, 0.717) is 16.4 Å². The molecule has 0 atom stereocenters. The maximum atomic E-state index is 13.1. The first-order valence-electron chi connectivity index (χ1n) is 10.3. The van der Waals surface area contributed by atoms with Crippen molar-refractivity contribution in [2.75, 3.05) is 23.3 Å². The molecular formula is C24H28ClN3O2. The number of Topliss-reactive ketones (excluding diaryl/α,β-unsaturated/α-hetero) is 1. The van der Waals surface area contributed by atoms with Crippen molar-refractivity contribution in [3.05, 3.63) is 53.1 Å². The maximum absolute atomic E-state index is 13.1. The number of aryl methyl sites for hydroxylation is 1. The van der Waals surface area contributed by atoms with Crippen LogP contribution in [0, 0.1) is 12.3 Å². The monoisotopic (exact) mass is 425 g/mol. The number of rotatable bonds is 8. The summed E-state index contributed by atoms with van der Waals surface area (Å²) in [6.07, 6.45) is 1.54. The number of nitrogens with one attached hydrogen (secondary N) is 1. The standard InChI is InChI=1S/C24H28ClN3O2/c1-5-28(6-2)17-11-12-19(16(3)15-17)26-21(22(29)24(4)13-14-24)23(30)27-20-10-8-7-9-18(20)25/h7-12,15H,5-6,13-14H2,1-4H3,(H,27,30). The Morgan fingerprint density at radius 1 is 1.13 bits per heavy atom. The van der Waals surface area contributed by atoms with Gasteiger partial charge in [-0.05, 0) is 69.5 Å². The highest BCUT2D eigenvalue weighted by atomic mass is 35.5. The van der Waals surface area contributed by atoms with Crippen molar-refractivity contribution < 1.29 is 9.59 Å². The van der Waals surface area contributed by atoms with Gasteiger partial charge in [-0.2, -0.15) is 0 Å². The summed E-state index contributed by atoms with van der Waals surface area (Å²) in [5, 5.41) is 3.16. The van der Waals surface area contributed by atoms with E-state index in [9.17, 15) is 9.59 Å². The number of amides is 1. The Hall–Kier alpha value is -2.66. The van der Waals surface area contributed by atoms with Crippen LogP contribution in [-0.2, 0) is 9.59 Å². The van der Waals surface area contributed by atoms with Gasteiger partial charge in [-0.25, -0.2) is 4.99 Å². The summed E-state index contributed by atoms with van der Waals surface area (Å²) in [6.45, 7) is 9.85. The van der Waals surface area contributed by atoms with Gasteiger partial charge in [0, 0.05) is 24.2 Å². The van der Waals surface area contributed by atoms with Crippen LogP contribution >= 0.6 is 11.6 Å². The van der Waals surface area contributed by atoms with E-state index in [2.05, 4.69) is 29.1 Å². The number of hydrogen-bond acceptors (Lipinski definition) is 4. The summed E-state index contributed by atoms with van der Waals surface area (Å²) in [7, 11) is 0. The minimum absolute atomic E-state index is 0.0754. The molecule has 0 spiro atoms. The van der Waals surface area contributed by atoms with Crippen LogP contribution < -0.4 is 10.2 Å². The molecule has 0 radical (unpaired) electrons. The lowest BCUT2D eigenvalue weighted by molar-refractivity contribution is -0.118. The molecule has 1 aliphatic carbocycles. The Morgan fingerprint density at radius 3 is 2.37 bits per heavy atom. The van der Waals surface area contributed by atoms with Gasteiger partial charge in [0.25, 0.3) is 5.91 Å². The second-order valence-electron chi connectivity index (χ2n) is 7.93. The van der Waals surface area contributed by atoms with Crippen molar-refractivity contribution in [3.8, 4) is 0 Å². The Kier molecular flexibility index (Phi) is 6.61. The molecule has 0 aliphatic heterocycles. The Balaban J connectivity index is 1.96. The molecule has 0 heterocycles. The molecule has 30 heavy (non-hydrogen) atoms. The zero-order valence-electron chi connectivity index (χ0n) is 18.0. The quantitative estimate of drug-likeness (QED) is 0.444. The number of nitrogens with zero attached hydrogens (tertiary/aromatic N) is 2. The Labute approximate surface area is 183 Å². The zero-order valence-corrected chi connectivity index (χ0v) is 18.7. The van der Waals surface area contributed by atoms with Crippen molar-refractivity contribution in [2.45, 2.75) is 40.5 Å². The van der Waals surface area contributed by atoms with Crippen LogP contribution in [-0.4, -0.2) is 30.5 Å². The highest BCUT2D eigenvalue weighted by molar-refractivity contribution is 6.69. The molecule has 0 bridgehead atoms. The van der Waals surface area contributed by atoms with Gasteiger partial charge in [-0.15, -0.1) is 0 Å². The molecule has 2 aromatic rings. The highest BCUT2D eigenvalue weighted by Gasteiger charge is 2.48. The van der Waals surface area contributed by atoms with Crippen LogP contribution in [0.3, 0.4) is 0 Å². The van der Waals surface area contributed by atoms with Crippen LogP contribution in [0.25, 0.3) is 0 Å². The lowest BCUT2D eigenvalue weighted by atomic mass is 9.98. The molecule has 1 saturated carbocycles. The topological polar surface area (TPSA) is 61.8 Å². The fourth-order valence-electron chi connectivity index (χ4n) is 3.32. The van der Waals surface area contributed by atoms with E-state index >= 15 is 0 Å². The number of aliphatic imine (C=N–C) groups is 1. The summed E-state index contributed by atoms with van der Waals surface area (Å²) in [5.41, 5.74) is 2.50. The third-order valence-electron chi connectivity index (χ3n) is 5.64. The third-order valence-corrected chi connectivity index (χ3v) is 5.97. The first-order chi connectivity index (χ1) is 14.3. The van der Waals surface area contributed by atoms with E-state index in [-0.39, 0.29) is 11.5 Å². The molecule has 5 nitrogen and oxygen atoms in total. The lowest BCUT2D eigenvalue weighted by Crippen LogP contribution is -2.34. The number of anilines is 2. The molecule has 0 unspecified atom stereocenters.